The Bertz CT molecular complexity index is 2630. The largest absolute Gasteiger partial charge is 0.454 e. The van der Waals surface area contributed by atoms with Crippen molar-refractivity contribution < 1.29 is 9.73 Å². The van der Waals surface area contributed by atoms with Crippen LogP contribution in [0.3, 0.4) is 0 Å². The topological polar surface area (TPSA) is 60.5 Å². The zero-order valence-electron chi connectivity index (χ0n) is 28.0. The fourth-order valence-electron chi connectivity index (χ4n) is 7.86. The first-order valence-corrected chi connectivity index (χ1v) is 17.7. The van der Waals surface area contributed by atoms with Crippen molar-refractivity contribution in [3.63, 3.8) is 0 Å². The van der Waals surface area contributed by atoms with Crippen molar-refractivity contribution in [1.29, 1.82) is 0 Å². The van der Waals surface area contributed by atoms with Crippen molar-refractivity contribution in [2.24, 2.45) is 0 Å². The number of para-hydroxylation sites is 1. The number of aromatic nitrogens is 3. The number of hydrogen-bond acceptors (Lipinski definition) is 3. The van der Waals surface area contributed by atoms with Gasteiger partial charge in [-0.25, -0.2) is 9.67 Å². The molecule has 0 radical (unpaired) electrons. The molecule has 2 aliphatic rings. The zero-order valence-corrected chi connectivity index (χ0v) is 28.0. The first-order chi connectivity index (χ1) is 25.3. The molecule has 2 atom stereocenters. The molecule has 1 aliphatic carbocycles. The molecule has 0 saturated carbocycles. The number of nitrogens with zero attached hydrogens (tertiary/aromatic N) is 3. The normalized spacial score (nSPS) is 16.4. The molecular formula is C46H35N4O+. The molecule has 8 aromatic rings. The van der Waals surface area contributed by atoms with Crippen molar-refractivity contribution >= 4 is 27.4 Å². The van der Waals surface area contributed by atoms with E-state index >= 15 is 0 Å². The van der Waals surface area contributed by atoms with Gasteiger partial charge in [-0.3, -0.25) is 0 Å². The number of furan rings is 1. The van der Waals surface area contributed by atoms with Crippen molar-refractivity contribution in [2.45, 2.75) is 24.9 Å². The van der Waals surface area contributed by atoms with Crippen molar-refractivity contribution in [3.05, 3.63) is 186 Å². The molecular weight excluding hydrogens is 625 g/mol. The van der Waals surface area contributed by atoms with Gasteiger partial charge in [0, 0.05) is 44.5 Å². The standard InChI is InChI=1S/C46H34N4O/c1-3-12-31(13-4-1)32-24-22-30(23-25-32)29-50-46(34-15-5-2-6-16-34)48-45(49-50)36-18-11-17-35(28-36)42-44-41(38-20-9-10-21-40(38)51-44)39-27-26-33-14-7-8-19-37(33)43(39)47-42/h1-12,14-28,31,42,47H,13,29H2/p+1. The SMILES string of the molecule is C1=CCC(c2ccc(Cn3nc(-c4cccc(C5[NH2+]c6c(ccc7ccccc67)-c6c5oc5ccccc65)c4)nc3-c3ccccc3)cc2)C=C1. The summed E-state index contributed by atoms with van der Waals surface area (Å²) in [5.74, 6) is 2.96. The minimum Gasteiger partial charge on any atom is -0.454 e. The Kier molecular flexibility index (Phi) is 7.10. The molecule has 10 rings (SSSR count). The van der Waals surface area contributed by atoms with Crippen molar-refractivity contribution in [1.82, 2.24) is 14.8 Å². The van der Waals surface area contributed by atoms with Gasteiger partial charge in [-0.1, -0.05) is 140 Å². The highest BCUT2D eigenvalue weighted by Gasteiger charge is 2.36. The van der Waals surface area contributed by atoms with E-state index in [1.165, 1.54) is 38.7 Å². The van der Waals surface area contributed by atoms with Gasteiger partial charge in [0.15, 0.2) is 23.5 Å². The number of nitrogens with two attached hydrogens (primary N) is 1. The number of quaternary nitrogens is 1. The molecule has 2 unspecified atom stereocenters. The third-order valence-corrected chi connectivity index (χ3v) is 10.4. The monoisotopic (exact) mass is 659 g/mol. The van der Waals surface area contributed by atoms with Gasteiger partial charge < -0.3 is 9.73 Å². The van der Waals surface area contributed by atoms with E-state index in [0.29, 0.717) is 18.3 Å². The molecule has 0 saturated heterocycles. The smallest absolute Gasteiger partial charge is 0.181 e. The van der Waals surface area contributed by atoms with Crippen LogP contribution in [0.4, 0.5) is 5.69 Å². The minimum atomic E-state index is -0.0747. The van der Waals surface area contributed by atoms with E-state index in [2.05, 4.69) is 157 Å². The van der Waals surface area contributed by atoms with Crippen LogP contribution in [0.5, 0.6) is 0 Å². The number of hydrogen-bond donors (Lipinski definition) is 1. The number of allylic oxidation sites excluding steroid dienone is 4. The summed E-state index contributed by atoms with van der Waals surface area (Å²) in [6.07, 6.45) is 9.82. The highest BCUT2D eigenvalue weighted by molar-refractivity contribution is 6.05. The first-order valence-electron chi connectivity index (χ1n) is 17.7. The van der Waals surface area contributed by atoms with Crippen LogP contribution < -0.4 is 5.32 Å². The zero-order chi connectivity index (χ0) is 33.7. The lowest BCUT2D eigenvalue weighted by Gasteiger charge is -2.23. The highest BCUT2D eigenvalue weighted by atomic mass is 16.3. The predicted molar refractivity (Wildman–Crippen MR) is 205 cm³/mol. The maximum absolute atomic E-state index is 6.69. The molecule has 51 heavy (non-hydrogen) atoms. The van der Waals surface area contributed by atoms with E-state index in [1.807, 2.05) is 16.8 Å². The summed E-state index contributed by atoms with van der Waals surface area (Å²) in [7, 11) is 0. The molecule has 5 nitrogen and oxygen atoms in total. The third-order valence-electron chi connectivity index (χ3n) is 10.4. The second kappa shape index (κ2) is 12.2. The van der Waals surface area contributed by atoms with E-state index in [1.54, 1.807) is 0 Å². The summed E-state index contributed by atoms with van der Waals surface area (Å²) in [5, 5.41) is 11.2. The molecule has 0 fully saturated rings. The molecule has 6 aromatic carbocycles. The van der Waals surface area contributed by atoms with Gasteiger partial charge in [-0.05, 0) is 47.2 Å². The van der Waals surface area contributed by atoms with E-state index in [0.717, 1.165) is 45.7 Å². The lowest BCUT2D eigenvalue weighted by Crippen LogP contribution is -2.80. The summed E-state index contributed by atoms with van der Waals surface area (Å²) in [4.78, 5) is 5.18. The average molecular weight is 660 g/mol. The fourth-order valence-corrected chi connectivity index (χ4v) is 7.86. The Morgan fingerprint density at radius 2 is 1.51 bits per heavy atom. The van der Waals surface area contributed by atoms with Gasteiger partial charge in [0.2, 0.25) is 0 Å². The van der Waals surface area contributed by atoms with Crippen LogP contribution in [0, 0.1) is 0 Å². The van der Waals surface area contributed by atoms with Gasteiger partial charge >= 0.3 is 0 Å². The second-order valence-corrected chi connectivity index (χ2v) is 13.5. The third kappa shape index (κ3) is 5.22. The van der Waals surface area contributed by atoms with Crippen LogP contribution in [0.1, 0.15) is 40.8 Å². The Morgan fingerprint density at radius 1 is 0.706 bits per heavy atom. The van der Waals surface area contributed by atoms with Gasteiger partial charge in [0.25, 0.3) is 0 Å². The van der Waals surface area contributed by atoms with Crippen LogP contribution in [-0.2, 0) is 6.54 Å². The summed E-state index contributed by atoms with van der Waals surface area (Å²) >= 11 is 0. The van der Waals surface area contributed by atoms with Crippen LogP contribution >= 0.6 is 0 Å². The Balaban J connectivity index is 1.05. The number of benzene rings is 6. The summed E-state index contributed by atoms with van der Waals surface area (Å²) in [6, 6.07) is 49.4. The van der Waals surface area contributed by atoms with Gasteiger partial charge in [-0.2, -0.15) is 5.10 Å². The van der Waals surface area contributed by atoms with Crippen LogP contribution in [0.15, 0.2) is 168 Å². The van der Waals surface area contributed by atoms with Crippen molar-refractivity contribution in [2.75, 3.05) is 0 Å². The summed E-state index contributed by atoms with van der Waals surface area (Å²) in [6.45, 7) is 0.625. The Labute approximate surface area is 296 Å². The Hall–Kier alpha value is -6.30. The van der Waals surface area contributed by atoms with Gasteiger partial charge in [0.05, 0.1) is 6.54 Å². The van der Waals surface area contributed by atoms with Gasteiger partial charge in [-0.15, -0.1) is 0 Å². The van der Waals surface area contributed by atoms with Crippen LogP contribution in [-0.4, -0.2) is 14.8 Å². The maximum Gasteiger partial charge on any atom is 0.181 e. The molecule has 244 valence electrons. The highest BCUT2D eigenvalue weighted by Crippen LogP contribution is 2.46. The minimum absolute atomic E-state index is 0.0747. The van der Waals surface area contributed by atoms with E-state index in [9.17, 15) is 0 Å². The molecule has 2 aromatic heterocycles. The maximum atomic E-state index is 6.69. The second-order valence-electron chi connectivity index (χ2n) is 13.5. The van der Waals surface area contributed by atoms with Crippen LogP contribution in [0.2, 0.25) is 0 Å². The van der Waals surface area contributed by atoms with Gasteiger partial charge in [0.1, 0.15) is 11.3 Å². The first kappa shape index (κ1) is 29.6. The van der Waals surface area contributed by atoms with E-state index in [-0.39, 0.29) is 6.04 Å². The average Bonchev–Trinajstić information content (AvgIpc) is 3.81. The molecule has 5 heteroatoms. The van der Waals surface area contributed by atoms with Crippen molar-refractivity contribution in [3.8, 4) is 33.9 Å². The molecule has 2 N–H and O–H groups in total. The van der Waals surface area contributed by atoms with E-state index < -0.39 is 0 Å². The van der Waals surface area contributed by atoms with E-state index in [4.69, 9.17) is 14.5 Å². The molecule has 0 spiro atoms. The predicted octanol–water partition coefficient (Wildman–Crippen LogP) is 10.1. The number of rotatable bonds is 6. The molecule has 1 aliphatic heterocycles. The number of fused-ring (bicyclic) bond motifs is 7. The van der Waals surface area contributed by atoms with Crippen LogP contribution in [0.25, 0.3) is 55.6 Å². The molecule has 3 heterocycles. The fraction of sp³-hybridized carbons (Fsp3) is 0.0870. The molecule has 0 amide bonds. The molecule has 0 bridgehead atoms. The summed E-state index contributed by atoms with van der Waals surface area (Å²) < 4.78 is 8.74. The quantitative estimate of drug-likeness (QED) is 0.181. The summed E-state index contributed by atoms with van der Waals surface area (Å²) in [5.41, 5.74) is 10.2. The lowest BCUT2D eigenvalue weighted by molar-refractivity contribution is -0.609. The Morgan fingerprint density at radius 3 is 2.37 bits per heavy atom. The lowest BCUT2D eigenvalue weighted by atomic mass is 9.88.